The molecule has 0 unspecified atom stereocenters. The van der Waals surface area contributed by atoms with Gasteiger partial charge in [0.25, 0.3) is 0 Å². The number of hydrogen-bond acceptors (Lipinski definition) is 10. The molecular weight excluding hydrogens is 664 g/mol. The zero-order chi connectivity index (χ0) is 37.8. The van der Waals surface area contributed by atoms with Crippen LogP contribution in [0.4, 0.5) is 9.59 Å². The van der Waals surface area contributed by atoms with Crippen LogP contribution >= 0.6 is 0 Å². The molecule has 3 aliphatic heterocycles. The Morgan fingerprint density at radius 1 is 1.02 bits per heavy atom. The van der Waals surface area contributed by atoms with Gasteiger partial charge in [-0.3, -0.25) is 9.69 Å². The highest BCUT2D eigenvalue weighted by atomic mass is 16.6. The number of amides is 2. The fraction of sp³-hybridized carbons (Fsp3) is 0.775. The number of piperazine rings is 1. The predicted molar refractivity (Wildman–Crippen MR) is 201 cm³/mol. The fourth-order valence-corrected chi connectivity index (χ4v) is 7.70. The van der Waals surface area contributed by atoms with Crippen molar-refractivity contribution in [3.63, 3.8) is 0 Å². The third kappa shape index (κ3) is 12.6. The summed E-state index contributed by atoms with van der Waals surface area (Å²) in [5.41, 5.74) is -0.694. The van der Waals surface area contributed by atoms with E-state index in [0.717, 1.165) is 25.1 Å². The average molecular weight is 731 g/mol. The highest BCUT2D eigenvalue weighted by molar-refractivity contribution is 5.70. The van der Waals surface area contributed by atoms with Crippen LogP contribution < -0.4 is 0 Å². The lowest BCUT2D eigenvalue weighted by Crippen LogP contribution is -2.53. The van der Waals surface area contributed by atoms with Crippen LogP contribution in [-0.2, 0) is 19.0 Å². The highest BCUT2D eigenvalue weighted by Crippen LogP contribution is 2.28. The van der Waals surface area contributed by atoms with Crippen molar-refractivity contribution in [3.8, 4) is 0 Å². The van der Waals surface area contributed by atoms with Gasteiger partial charge in [-0.25, -0.2) is 9.59 Å². The van der Waals surface area contributed by atoms with Crippen molar-refractivity contribution in [3.05, 3.63) is 36.0 Å². The number of cyclic esters (lactones) is 1. The summed E-state index contributed by atoms with van der Waals surface area (Å²) in [7, 11) is 4.04. The van der Waals surface area contributed by atoms with Crippen LogP contribution in [0.5, 0.6) is 0 Å². The molecule has 0 aromatic rings. The van der Waals surface area contributed by atoms with E-state index in [4.69, 9.17) is 14.2 Å². The minimum atomic E-state index is -1.47. The first kappa shape index (κ1) is 41.8. The number of likely N-dealkylation sites (tertiary alicyclic amines) is 1. The van der Waals surface area contributed by atoms with Gasteiger partial charge in [-0.15, -0.1) is 0 Å². The Morgan fingerprint density at radius 2 is 1.71 bits per heavy atom. The van der Waals surface area contributed by atoms with Crippen LogP contribution in [0.3, 0.4) is 0 Å². The molecule has 0 bridgehead atoms. The van der Waals surface area contributed by atoms with Crippen molar-refractivity contribution >= 4 is 18.2 Å². The van der Waals surface area contributed by atoms with Gasteiger partial charge in [-0.1, -0.05) is 63.8 Å². The van der Waals surface area contributed by atoms with E-state index in [0.29, 0.717) is 38.3 Å². The van der Waals surface area contributed by atoms with Gasteiger partial charge in [0.05, 0.1) is 19.1 Å². The lowest BCUT2D eigenvalue weighted by atomic mass is 9.89. The molecule has 3 fully saturated rings. The van der Waals surface area contributed by atoms with Crippen molar-refractivity contribution in [1.29, 1.82) is 0 Å². The Balaban J connectivity index is 1.38. The van der Waals surface area contributed by atoms with Crippen molar-refractivity contribution in [1.82, 2.24) is 19.6 Å². The number of nitrogens with zero attached hydrogens (tertiary/aromatic N) is 4. The molecule has 0 aromatic carbocycles. The molecule has 0 radical (unpaired) electrons. The van der Waals surface area contributed by atoms with E-state index < -0.39 is 36.0 Å². The quantitative estimate of drug-likeness (QED) is 0.114. The third-order valence-corrected chi connectivity index (χ3v) is 11.3. The summed E-state index contributed by atoms with van der Waals surface area (Å²) in [5.74, 6) is -0.904. The molecule has 1 saturated carbocycles. The Labute approximate surface area is 311 Å². The maximum absolute atomic E-state index is 13.5. The third-order valence-electron chi connectivity index (χ3n) is 11.3. The molecule has 4 aliphatic rings. The molecule has 0 aromatic heterocycles. The van der Waals surface area contributed by atoms with E-state index in [1.165, 1.54) is 38.5 Å². The summed E-state index contributed by atoms with van der Waals surface area (Å²) >= 11 is 0. The maximum Gasteiger partial charge on any atom is 0.410 e. The summed E-state index contributed by atoms with van der Waals surface area (Å²) in [4.78, 5) is 47.1. The van der Waals surface area contributed by atoms with Crippen molar-refractivity contribution in [2.24, 2.45) is 11.8 Å². The Morgan fingerprint density at radius 3 is 2.37 bits per heavy atom. The van der Waals surface area contributed by atoms with E-state index in [2.05, 4.69) is 9.80 Å². The Bertz CT molecular complexity index is 1250. The molecule has 0 spiro atoms. The smallest absolute Gasteiger partial charge is 0.410 e. The molecule has 2 saturated heterocycles. The monoisotopic (exact) mass is 730 g/mol. The number of likely N-dealkylation sites (N-methyl/N-ethyl adjacent to an activating group) is 1. The predicted octanol–water partition coefficient (Wildman–Crippen LogP) is 5.14. The standard InChI is InChI=1S/C40H66N4O8/c1-29(28-50-38(47)44-21-19-33(27-44)41(5)6)12-11-13-30(2)37-31(3)16-17-35(40(4,49)20-18-34(45)26-36(46)52-37)51-39(48)43-24-22-42(23-25-43)32-14-9-7-8-10-15-32/h11-13,16-17,29,31-35,37,45,49H,7-10,14-15,18-28H2,1-6H3/b12-11+,17-16-,30-13+/t29-,31+,33-,34-,35+,37-,40-/m1/s1. The first-order valence-electron chi connectivity index (χ1n) is 19.6. The van der Waals surface area contributed by atoms with Gasteiger partial charge < -0.3 is 39.1 Å². The number of esters is 1. The highest BCUT2D eigenvalue weighted by Gasteiger charge is 2.37. The Hall–Kier alpha value is -2.93. The summed E-state index contributed by atoms with van der Waals surface area (Å²) in [6.07, 6.45) is 14.4. The van der Waals surface area contributed by atoms with E-state index in [9.17, 15) is 24.6 Å². The molecule has 294 valence electrons. The van der Waals surface area contributed by atoms with Gasteiger partial charge in [0.2, 0.25) is 0 Å². The minimum absolute atomic E-state index is 0.0379. The molecule has 52 heavy (non-hydrogen) atoms. The van der Waals surface area contributed by atoms with Crippen LogP contribution in [0.25, 0.3) is 0 Å². The van der Waals surface area contributed by atoms with E-state index in [1.807, 2.05) is 59.2 Å². The van der Waals surface area contributed by atoms with E-state index in [-0.39, 0.29) is 43.8 Å². The molecule has 12 heteroatoms. The van der Waals surface area contributed by atoms with E-state index in [1.54, 1.807) is 22.8 Å². The number of allylic oxidation sites excluding steroid dienone is 2. The van der Waals surface area contributed by atoms with Crippen LogP contribution in [0.15, 0.2) is 36.0 Å². The number of ether oxygens (including phenoxy) is 3. The second kappa shape index (κ2) is 19.9. The van der Waals surface area contributed by atoms with Gasteiger partial charge in [-0.2, -0.15) is 0 Å². The molecule has 3 heterocycles. The fourth-order valence-electron chi connectivity index (χ4n) is 7.70. The summed E-state index contributed by atoms with van der Waals surface area (Å²) < 4.78 is 17.5. The lowest BCUT2D eigenvalue weighted by molar-refractivity contribution is -0.151. The summed E-state index contributed by atoms with van der Waals surface area (Å²) in [6.45, 7) is 11.7. The minimum Gasteiger partial charge on any atom is -0.457 e. The Kier molecular flexibility index (Phi) is 16.0. The topological polar surface area (TPSA) is 132 Å². The molecule has 1 aliphatic carbocycles. The number of carbonyl (C=O) groups is 3. The van der Waals surface area contributed by atoms with Crippen LogP contribution in [0.1, 0.15) is 91.9 Å². The molecule has 2 N–H and O–H groups in total. The number of aliphatic hydroxyl groups excluding tert-OH is 1. The first-order valence-corrected chi connectivity index (χ1v) is 19.6. The van der Waals surface area contributed by atoms with Gasteiger partial charge in [0, 0.05) is 63.2 Å². The largest absolute Gasteiger partial charge is 0.457 e. The summed E-state index contributed by atoms with van der Waals surface area (Å²) in [6, 6.07) is 0.933. The van der Waals surface area contributed by atoms with Crippen molar-refractivity contribution in [2.75, 3.05) is 60.0 Å². The zero-order valence-corrected chi connectivity index (χ0v) is 32.6. The zero-order valence-electron chi connectivity index (χ0n) is 32.6. The molecule has 2 amide bonds. The number of hydrogen-bond donors (Lipinski definition) is 2. The summed E-state index contributed by atoms with van der Waals surface area (Å²) in [5, 5.41) is 22.2. The van der Waals surface area contributed by atoms with Gasteiger partial charge >= 0.3 is 18.2 Å². The van der Waals surface area contributed by atoms with Gasteiger partial charge in [-0.05, 0) is 71.7 Å². The second-order valence-electron chi connectivity index (χ2n) is 16.1. The van der Waals surface area contributed by atoms with Gasteiger partial charge in [0.15, 0.2) is 6.10 Å². The molecule has 12 nitrogen and oxygen atoms in total. The molecular formula is C40H66N4O8. The number of carbonyl (C=O) groups excluding carboxylic acids is 3. The second-order valence-corrected chi connectivity index (χ2v) is 16.1. The first-order chi connectivity index (χ1) is 24.7. The average Bonchev–Trinajstić information content (AvgIpc) is 3.46. The number of rotatable bonds is 8. The van der Waals surface area contributed by atoms with Crippen LogP contribution in [0, 0.1) is 11.8 Å². The van der Waals surface area contributed by atoms with Gasteiger partial charge in [0.1, 0.15) is 11.7 Å². The number of aliphatic hydroxyl groups is 2. The van der Waals surface area contributed by atoms with E-state index >= 15 is 0 Å². The van der Waals surface area contributed by atoms with Crippen molar-refractivity contribution in [2.45, 2.75) is 128 Å². The normalized spacial score (nSPS) is 32.1. The maximum atomic E-state index is 13.5. The SMILES string of the molecule is C/C(=C\C=C\[C@@H](C)COC(=O)N1CC[C@@H](N(C)C)C1)[C@H]1OC(=O)C[C@H](O)CC[C@@](C)(O)[C@@H](OC(=O)N2CCN(C3CCCCCC3)CC2)/C=C\[C@@H]1C. The van der Waals surface area contributed by atoms with Crippen molar-refractivity contribution < 1.29 is 38.8 Å². The molecule has 7 atom stereocenters. The van der Waals surface area contributed by atoms with Crippen LogP contribution in [-0.4, -0.2) is 144 Å². The van der Waals surface area contributed by atoms with Crippen LogP contribution in [0.2, 0.25) is 0 Å². The molecule has 4 rings (SSSR count). The lowest BCUT2D eigenvalue weighted by Gasteiger charge is -2.40.